The van der Waals surface area contributed by atoms with E-state index in [9.17, 15) is 9.90 Å². The lowest BCUT2D eigenvalue weighted by Gasteiger charge is -2.05. The van der Waals surface area contributed by atoms with Gasteiger partial charge in [0.25, 0.3) is 0 Å². The number of nitrogens with one attached hydrogen (secondary N) is 1. The molecule has 0 radical (unpaired) electrons. The zero-order valence-corrected chi connectivity index (χ0v) is 12.4. The Morgan fingerprint density at radius 3 is 2.90 bits per heavy atom. The van der Waals surface area contributed by atoms with Crippen molar-refractivity contribution in [1.82, 2.24) is 14.9 Å². The highest BCUT2D eigenvalue weighted by molar-refractivity contribution is 7.21. The minimum absolute atomic E-state index is 0.406. The molecule has 0 atom stereocenters. The minimum atomic E-state index is -0.870. The number of aromatic nitrogens is 2. The van der Waals surface area contributed by atoms with Crippen LogP contribution in [0.15, 0.2) is 36.7 Å². The first kappa shape index (κ1) is 13.8. The first-order valence-corrected chi connectivity index (χ1v) is 7.39. The van der Waals surface area contributed by atoms with Gasteiger partial charge in [-0.05, 0) is 17.0 Å². The third-order valence-corrected chi connectivity index (χ3v) is 4.60. The zero-order chi connectivity index (χ0) is 14.8. The second-order valence-corrected chi connectivity index (χ2v) is 5.82. The monoisotopic (exact) mass is 301 g/mol. The lowest BCUT2D eigenvalue weighted by atomic mass is 10.1. The van der Waals surface area contributed by atoms with Gasteiger partial charge in [-0.2, -0.15) is 0 Å². The van der Waals surface area contributed by atoms with Crippen molar-refractivity contribution in [2.45, 2.75) is 13.1 Å². The van der Waals surface area contributed by atoms with Gasteiger partial charge < -0.3 is 15.0 Å². The predicted molar refractivity (Wildman–Crippen MR) is 82.5 cm³/mol. The van der Waals surface area contributed by atoms with Gasteiger partial charge in [-0.3, -0.25) is 0 Å². The summed E-state index contributed by atoms with van der Waals surface area (Å²) in [5.41, 5.74) is 0.845. The van der Waals surface area contributed by atoms with Gasteiger partial charge in [-0.15, -0.1) is 11.3 Å². The number of carboxylic acid groups (broad SMARTS) is 1. The van der Waals surface area contributed by atoms with Gasteiger partial charge in [-0.1, -0.05) is 18.2 Å². The largest absolute Gasteiger partial charge is 0.477 e. The van der Waals surface area contributed by atoms with E-state index in [0.29, 0.717) is 18.0 Å². The van der Waals surface area contributed by atoms with Crippen molar-refractivity contribution in [3.8, 4) is 0 Å². The van der Waals surface area contributed by atoms with Crippen molar-refractivity contribution in [3.05, 3.63) is 52.9 Å². The molecule has 3 aromatic rings. The summed E-state index contributed by atoms with van der Waals surface area (Å²) < 4.78 is 2.94. The number of carbonyl (C=O) groups is 1. The Kier molecular flexibility index (Phi) is 3.72. The van der Waals surface area contributed by atoms with E-state index in [2.05, 4.69) is 10.3 Å². The number of aromatic carboxylic acids is 1. The molecule has 6 heteroatoms. The van der Waals surface area contributed by atoms with Gasteiger partial charge in [-0.25, -0.2) is 9.78 Å². The molecule has 0 saturated carbocycles. The van der Waals surface area contributed by atoms with Crippen molar-refractivity contribution < 1.29 is 9.90 Å². The van der Waals surface area contributed by atoms with Crippen molar-refractivity contribution in [3.63, 3.8) is 0 Å². The molecule has 0 aliphatic carbocycles. The molecule has 3 rings (SSSR count). The van der Waals surface area contributed by atoms with Crippen molar-refractivity contribution in [1.29, 1.82) is 0 Å². The fourth-order valence-corrected chi connectivity index (χ4v) is 3.37. The summed E-state index contributed by atoms with van der Waals surface area (Å²) >= 11 is 1.32. The van der Waals surface area contributed by atoms with Crippen molar-refractivity contribution >= 4 is 27.4 Å². The van der Waals surface area contributed by atoms with Crippen LogP contribution in [0.3, 0.4) is 0 Å². The number of aryl methyl sites for hydroxylation is 1. The van der Waals surface area contributed by atoms with E-state index in [4.69, 9.17) is 0 Å². The Labute approximate surface area is 125 Å². The summed E-state index contributed by atoms with van der Waals surface area (Å²) in [4.78, 5) is 16.1. The molecule has 108 valence electrons. The van der Waals surface area contributed by atoms with E-state index in [1.807, 2.05) is 42.1 Å². The van der Waals surface area contributed by atoms with Gasteiger partial charge in [0.1, 0.15) is 10.7 Å². The van der Waals surface area contributed by atoms with E-state index in [1.165, 1.54) is 11.3 Å². The molecule has 0 saturated heterocycles. The SMILES string of the molecule is Cn1ccnc1CNCc1c(C(=O)O)sc2ccccc12. The molecule has 0 fully saturated rings. The third-order valence-electron chi connectivity index (χ3n) is 3.40. The first-order valence-electron chi connectivity index (χ1n) is 6.57. The van der Waals surface area contributed by atoms with E-state index in [0.717, 1.165) is 21.5 Å². The van der Waals surface area contributed by atoms with Gasteiger partial charge in [0, 0.05) is 30.7 Å². The smallest absolute Gasteiger partial charge is 0.346 e. The number of imidazole rings is 1. The number of hydrogen-bond acceptors (Lipinski definition) is 4. The topological polar surface area (TPSA) is 67.2 Å². The molecular weight excluding hydrogens is 286 g/mol. The van der Waals surface area contributed by atoms with Crippen LogP contribution < -0.4 is 5.32 Å². The summed E-state index contributed by atoms with van der Waals surface area (Å²) in [5.74, 6) is 0.0522. The zero-order valence-electron chi connectivity index (χ0n) is 11.5. The third kappa shape index (κ3) is 2.68. The summed E-state index contributed by atoms with van der Waals surface area (Å²) in [7, 11) is 1.94. The highest BCUT2D eigenvalue weighted by Crippen LogP contribution is 2.31. The predicted octanol–water partition coefficient (Wildman–Crippen LogP) is 2.62. The van der Waals surface area contributed by atoms with Crippen LogP contribution in [0.1, 0.15) is 21.1 Å². The molecule has 21 heavy (non-hydrogen) atoms. The fraction of sp³-hybridized carbons (Fsp3) is 0.200. The molecule has 0 bridgehead atoms. The van der Waals surface area contributed by atoms with E-state index < -0.39 is 5.97 Å². The molecule has 0 amide bonds. The van der Waals surface area contributed by atoms with Crippen LogP contribution in [-0.2, 0) is 20.1 Å². The Hall–Kier alpha value is -2.18. The van der Waals surface area contributed by atoms with Crippen molar-refractivity contribution in [2.75, 3.05) is 0 Å². The maximum Gasteiger partial charge on any atom is 0.346 e. The Morgan fingerprint density at radius 1 is 1.38 bits per heavy atom. The first-order chi connectivity index (χ1) is 10.2. The number of rotatable bonds is 5. The molecule has 2 N–H and O–H groups in total. The maximum absolute atomic E-state index is 11.4. The molecule has 2 aromatic heterocycles. The van der Waals surface area contributed by atoms with Gasteiger partial charge in [0.2, 0.25) is 0 Å². The second kappa shape index (κ2) is 5.67. The lowest BCUT2D eigenvalue weighted by molar-refractivity contribution is 0.0701. The number of nitrogens with zero attached hydrogens (tertiary/aromatic N) is 2. The van der Waals surface area contributed by atoms with Gasteiger partial charge >= 0.3 is 5.97 Å². The minimum Gasteiger partial charge on any atom is -0.477 e. The van der Waals surface area contributed by atoms with E-state index >= 15 is 0 Å². The summed E-state index contributed by atoms with van der Waals surface area (Å²) in [6, 6.07) is 7.78. The standard InChI is InChI=1S/C15H15N3O2S/c1-18-7-6-17-13(18)9-16-8-11-10-4-2-3-5-12(10)21-14(11)15(19)20/h2-7,16H,8-9H2,1H3,(H,19,20). The second-order valence-electron chi connectivity index (χ2n) is 4.77. The Morgan fingerprint density at radius 2 is 2.19 bits per heavy atom. The highest BCUT2D eigenvalue weighted by Gasteiger charge is 2.17. The summed E-state index contributed by atoms with van der Waals surface area (Å²) in [6.07, 6.45) is 3.64. The van der Waals surface area contributed by atoms with Crippen LogP contribution in [0.2, 0.25) is 0 Å². The normalized spacial score (nSPS) is 11.1. The molecule has 2 heterocycles. The highest BCUT2D eigenvalue weighted by atomic mass is 32.1. The number of hydrogen-bond donors (Lipinski definition) is 2. The molecule has 0 unspecified atom stereocenters. The van der Waals surface area contributed by atoms with E-state index in [1.54, 1.807) is 6.20 Å². The molecule has 0 spiro atoms. The lowest BCUT2D eigenvalue weighted by Crippen LogP contribution is -2.16. The van der Waals surface area contributed by atoms with E-state index in [-0.39, 0.29) is 0 Å². The van der Waals surface area contributed by atoms with Crippen LogP contribution in [0, 0.1) is 0 Å². The van der Waals surface area contributed by atoms with Crippen molar-refractivity contribution in [2.24, 2.45) is 7.05 Å². The summed E-state index contributed by atoms with van der Waals surface area (Å²) in [5, 5.41) is 13.6. The van der Waals surface area contributed by atoms with Crippen LogP contribution in [-0.4, -0.2) is 20.6 Å². The van der Waals surface area contributed by atoms with Gasteiger partial charge in [0.05, 0.1) is 6.54 Å². The molecule has 0 aliphatic heterocycles. The molecule has 5 nitrogen and oxygen atoms in total. The van der Waals surface area contributed by atoms with Crippen LogP contribution in [0.25, 0.3) is 10.1 Å². The number of thiophene rings is 1. The Balaban J connectivity index is 1.84. The van der Waals surface area contributed by atoms with Crippen LogP contribution in [0.4, 0.5) is 0 Å². The molecule has 0 aliphatic rings. The average molecular weight is 301 g/mol. The average Bonchev–Trinajstić information content (AvgIpc) is 3.04. The number of fused-ring (bicyclic) bond motifs is 1. The Bertz CT molecular complexity index is 791. The van der Waals surface area contributed by atoms with Crippen LogP contribution >= 0.6 is 11.3 Å². The molecule has 1 aromatic carbocycles. The summed E-state index contributed by atoms with van der Waals surface area (Å²) in [6.45, 7) is 1.12. The van der Waals surface area contributed by atoms with Crippen LogP contribution in [0.5, 0.6) is 0 Å². The number of carboxylic acids is 1. The number of benzene rings is 1. The fourth-order valence-electron chi connectivity index (χ4n) is 2.31. The molecular formula is C15H15N3O2S. The maximum atomic E-state index is 11.4. The quantitative estimate of drug-likeness (QED) is 0.760. The van der Waals surface area contributed by atoms with Gasteiger partial charge in [0.15, 0.2) is 0 Å².